The number of carbonyl (C=O) groups is 2. The summed E-state index contributed by atoms with van der Waals surface area (Å²) in [5.74, 6) is -0.523. The van der Waals surface area contributed by atoms with Gasteiger partial charge in [-0.1, -0.05) is 6.08 Å². The van der Waals surface area contributed by atoms with E-state index in [2.05, 4.69) is 21.6 Å². The number of urea groups is 1. The summed E-state index contributed by atoms with van der Waals surface area (Å²) in [6, 6.07) is 7.51. The van der Waals surface area contributed by atoms with E-state index in [1.165, 1.54) is 23.1 Å². The topological polar surface area (TPSA) is 78.4 Å². The highest BCUT2D eigenvalue weighted by atomic mass is 19.1. The summed E-state index contributed by atoms with van der Waals surface area (Å²) in [5, 5.41) is 10.7. The van der Waals surface area contributed by atoms with Gasteiger partial charge in [0.15, 0.2) is 0 Å². The predicted octanol–water partition coefficient (Wildman–Crippen LogP) is 2.28. The van der Waals surface area contributed by atoms with Crippen LogP contribution in [0.25, 0.3) is 5.57 Å². The van der Waals surface area contributed by atoms with Gasteiger partial charge in [-0.3, -0.25) is 4.79 Å². The first-order valence-corrected chi connectivity index (χ1v) is 8.69. The maximum Gasteiger partial charge on any atom is 0.322 e. The zero-order chi connectivity index (χ0) is 18.8. The quantitative estimate of drug-likeness (QED) is 0.903. The van der Waals surface area contributed by atoms with Crippen LogP contribution in [0.4, 0.5) is 14.9 Å². The van der Waals surface area contributed by atoms with Gasteiger partial charge in [-0.2, -0.15) is 10.2 Å². The Kier molecular flexibility index (Phi) is 4.53. The normalized spacial score (nSPS) is 16.5. The number of rotatable bonds is 3. The van der Waals surface area contributed by atoms with Crippen molar-refractivity contribution in [2.75, 3.05) is 25.0 Å². The highest BCUT2D eigenvalue weighted by Gasteiger charge is 2.27. The second-order valence-electron chi connectivity index (χ2n) is 6.53. The summed E-state index contributed by atoms with van der Waals surface area (Å²) in [5.41, 5.74) is 2.92. The van der Waals surface area contributed by atoms with E-state index >= 15 is 0 Å². The molecule has 1 aromatic carbocycles. The molecule has 0 unspecified atom stereocenters. The second kappa shape index (κ2) is 7.14. The van der Waals surface area contributed by atoms with Crippen molar-refractivity contribution in [3.8, 4) is 0 Å². The number of hydrogen-bond acceptors (Lipinski definition) is 4. The van der Waals surface area contributed by atoms with Crippen molar-refractivity contribution in [1.82, 2.24) is 20.0 Å². The molecule has 3 heterocycles. The summed E-state index contributed by atoms with van der Waals surface area (Å²) in [7, 11) is 0. The third kappa shape index (κ3) is 3.64. The van der Waals surface area contributed by atoms with Gasteiger partial charge < -0.3 is 15.1 Å². The molecule has 0 bridgehead atoms. The lowest BCUT2D eigenvalue weighted by Gasteiger charge is -2.32. The third-order valence-corrected chi connectivity index (χ3v) is 4.69. The van der Waals surface area contributed by atoms with Gasteiger partial charge in [0.25, 0.3) is 0 Å². The van der Waals surface area contributed by atoms with Crippen molar-refractivity contribution in [3.63, 3.8) is 0 Å². The summed E-state index contributed by atoms with van der Waals surface area (Å²) >= 11 is 0. The number of halogens is 1. The molecule has 7 nitrogen and oxygen atoms in total. The Morgan fingerprint density at radius 2 is 2.15 bits per heavy atom. The molecule has 0 aliphatic carbocycles. The van der Waals surface area contributed by atoms with Crippen LogP contribution in [0.3, 0.4) is 0 Å². The Hall–Kier alpha value is -3.29. The maximum absolute atomic E-state index is 13.5. The van der Waals surface area contributed by atoms with Crippen molar-refractivity contribution in [3.05, 3.63) is 59.7 Å². The first-order valence-electron chi connectivity index (χ1n) is 8.69. The van der Waals surface area contributed by atoms with E-state index in [-0.39, 0.29) is 30.8 Å². The van der Waals surface area contributed by atoms with E-state index in [4.69, 9.17) is 0 Å². The van der Waals surface area contributed by atoms with Crippen LogP contribution < -0.4 is 5.32 Å². The van der Waals surface area contributed by atoms with Crippen molar-refractivity contribution in [1.29, 1.82) is 0 Å². The van der Waals surface area contributed by atoms with Gasteiger partial charge in [0, 0.05) is 25.0 Å². The molecule has 2 aromatic rings. The molecular formula is C19H18FN5O2. The van der Waals surface area contributed by atoms with Crippen LogP contribution in [0.1, 0.15) is 17.7 Å². The Bertz CT molecular complexity index is 916. The molecule has 4 rings (SSSR count). The Morgan fingerprint density at radius 1 is 1.26 bits per heavy atom. The SMILES string of the molecule is O=C(CN1Cc2cc(F)ccc2NC1=O)N1CCC=C(c2cccnn2)C1. The number of carbonyl (C=O) groups excluding carboxylic acids is 2. The first kappa shape index (κ1) is 17.1. The fourth-order valence-electron chi connectivity index (χ4n) is 3.29. The summed E-state index contributed by atoms with van der Waals surface area (Å²) in [6.07, 6.45) is 4.38. The minimum atomic E-state index is -0.369. The predicted molar refractivity (Wildman–Crippen MR) is 97.0 cm³/mol. The fraction of sp³-hybridized carbons (Fsp3) is 0.263. The zero-order valence-corrected chi connectivity index (χ0v) is 14.6. The highest BCUT2D eigenvalue weighted by Crippen LogP contribution is 2.24. The molecule has 0 saturated heterocycles. The van der Waals surface area contributed by atoms with Crippen molar-refractivity contribution >= 4 is 23.2 Å². The molecule has 1 N–H and O–H groups in total. The second-order valence-corrected chi connectivity index (χ2v) is 6.53. The van der Waals surface area contributed by atoms with E-state index in [1.54, 1.807) is 17.2 Å². The lowest BCUT2D eigenvalue weighted by molar-refractivity contribution is -0.131. The smallest absolute Gasteiger partial charge is 0.322 e. The third-order valence-electron chi connectivity index (χ3n) is 4.69. The molecule has 0 saturated carbocycles. The lowest BCUT2D eigenvalue weighted by Crippen LogP contribution is -2.47. The van der Waals surface area contributed by atoms with Gasteiger partial charge in [0.2, 0.25) is 5.91 Å². The van der Waals surface area contributed by atoms with Gasteiger partial charge in [0.05, 0.1) is 12.2 Å². The standard InChI is InChI=1S/C19H18FN5O2/c20-15-5-6-16-14(9-15)11-25(19(27)22-16)12-18(26)24-8-2-3-13(10-24)17-4-1-7-21-23-17/h1,3-7,9H,2,8,10-12H2,(H,22,27). The molecule has 27 heavy (non-hydrogen) atoms. The van der Waals surface area contributed by atoms with Gasteiger partial charge in [-0.15, -0.1) is 0 Å². The van der Waals surface area contributed by atoms with Crippen LogP contribution >= 0.6 is 0 Å². The van der Waals surface area contributed by atoms with Crippen LogP contribution in [0.2, 0.25) is 0 Å². The van der Waals surface area contributed by atoms with Gasteiger partial charge >= 0.3 is 6.03 Å². The Balaban J connectivity index is 1.43. The number of amides is 3. The number of nitrogens with zero attached hydrogens (tertiary/aromatic N) is 4. The maximum atomic E-state index is 13.5. The van der Waals surface area contributed by atoms with Crippen LogP contribution in [-0.2, 0) is 11.3 Å². The molecule has 138 valence electrons. The van der Waals surface area contributed by atoms with Crippen molar-refractivity contribution in [2.24, 2.45) is 0 Å². The Labute approximate surface area is 155 Å². The molecule has 1 aromatic heterocycles. The van der Waals surface area contributed by atoms with Crippen LogP contribution in [-0.4, -0.2) is 51.6 Å². The number of nitrogens with one attached hydrogen (secondary N) is 1. The van der Waals surface area contributed by atoms with Crippen molar-refractivity contribution in [2.45, 2.75) is 13.0 Å². The monoisotopic (exact) mass is 367 g/mol. The molecule has 0 fully saturated rings. The van der Waals surface area contributed by atoms with Crippen LogP contribution in [0, 0.1) is 5.82 Å². The van der Waals surface area contributed by atoms with Crippen molar-refractivity contribution < 1.29 is 14.0 Å². The molecule has 0 spiro atoms. The van der Waals surface area contributed by atoms with Crippen LogP contribution in [0.5, 0.6) is 0 Å². The van der Waals surface area contributed by atoms with E-state index in [9.17, 15) is 14.0 Å². The van der Waals surface area contributed by atoms with Gasteiger partial charge in [-0.05, 0) is 47.9 Å². The van der Waals surface area contributed by atoms with E-state index in [0.717, 1.165) is 17.7 Å². The highest BCUT2D eigenvalue weighted by molar-refractivity contribution is 5.95. The molecule has 2 aliphatic heterocycles. The minimum Gasteiger partial charge on any atom is -0.336 e. The number of fused-ring (bicyclic) bond motifs is 1. The largest absolute Gasteiger partial charge is 0.336 e. The number of benzene rings is 1. The molecule has 0 atom stereocenters. The fourth-order valence-corrected chi connectivity index (χ4v) is 3.29. The lowest BCUT2D eigenvalue weighted by atomic mass is 10.1. The summed E-state index contributed by atoms with van der Waals surface area (Å²) in [6.45, 7) is 1.16. The van der Waals surface area contributed by atoms with Crippen LogP contribution in [0.15, 0.2) is 42.6 Å². The first-order chi connectivity index (χ1) is 13.1. The summed E-state index contributed by atoms with van der Waals surface area (Å²) < 4.78 is 13.5. The molecular weight excluding hydrogens is 349 g/mol. The van der Waals surface area contributed by atoms with Gasteiger partial charge in [0.1, 0.15) is 12.4 Å². The molecule has 8 heteroatoms. The van der Waals surface area contributed by atoms with E-state index in [1.807, 2.05) is 6.07 Å². The molecule has 3 amide bonds. The van der Waals surface area contributed by atoms with Gasteiger partial charge in [-0.25, -0.2) is 9.18 Å². The molecule has 2 aliphatic rings. The molecule has 0 radical (unpaired) electrons. The zero-order valence-electron chi connectivity index (χ0n) is 14.6. The Morgan fingerprint density at radius 3 is 2.96 bits per heavy atom. The minimum absolute atomic E-state index is 0.0600. The number of anilines is 1. The van der Waals surface area contributed by atoms with E-state index < -0.39 is 0 Å². The number of hydrogen-bond donors (Lipinski definition) is 1. The number of aromatic nitrogens is 2. The average molecular weight is 367 g/mol. The van der Waals surface area contributed by atoms with E-state index in [0.29, 0.717) is 24.3 Å². The average Bonchev–Trinajstić information content (AvgIpc) is 2.69. The summed E-state index contributed by atoms with van der Waals surface area (Å²) in [4.78, 5) is 28.1.